The van der Waals surface area contributed by atoms with Crippen LogP contribution in [0.3, 0.4) is 0 Å². The lowest BCUT2D eigenvalue weighted by atomic mass is 9.98. The molecule has 0 aliphatic rings. The fourth-order valence-electron chi connectivity index (χ4n) is 1.93. The van der Waals surface area contributed by atoms with Gasteiger partial charge in [0.05, 0.1) is 5.69 Å². The molecule has 0 aliphatic heterocycles. The Labute approximate surface area is 98.5 Å². The number of aryl methyl sites for hydroxylation is 1. The van der Waals surface area contributed by atoms with Crippen molar-refractivity contribution in [1.82, 2.24) is 9.78 Å². The van der Waals surface area contributed by atoms with Gasteiger partial charge < -0.3 is 5.11 Å². The molecule has 3 nitrogen and oxygen atoms in total. The number of nitrogens with zero attached hydrogens (tertiary/aromatic N) is 2. The Balaban J connectivity index is 3.03. The van der Waals surface area contributed by atoms with Crippen LogP contribution >= 0.6 is 0 Å². The van der Waals surface area contributed by atoms with E-state index in [1.54, 1.807) is 4.68 Å². The molecule has 0 radical (unpaired) electrons. The minimum Gasteiger partial charge on any atom is -0.493 e. The molecule has 0 aromatic carbocycles. The van der Waals surface area contributed by atoms with Crippen molar-refractivity contribution in [3.8, 4) is 5.88 Å². The maximum Gasteiger partial charge on any atom is 0.212 e. The lowest BCUT2D eigenvalue weighted by molar-refractivity contribution is 0.397. The van der Waals surface area contributed by atoms with E-state index in [1.807, 2.05) is 6.92 Å². The van der Waals surface area contributed by atoms with E-state index in [1.165, 1.54) is 0 Å². The van der Waals surface area contributed by atoms with Crippen molar-refractivity contribution < 1.29 is 5.11 Å². The number of hydrogen-bond donors (Lipinski definition) is 1. The highest BCUT2D eigenvalue weighted by Crippen LogP contribution is 2.26. The molecule has 1 N–H and O–H groups in total. The van der Waals surface area contributed by atoms with Gasteiger partial charge in [0.1, 0.15) is 0 Å². The standard InChI is InChI=1S/C13H24N2O/c1-6-15-13(16)11(7-9(2)3)12(14-15)8-10(4)5/h9-10,16H,6-8H2,1-5H3. The molecule has 1 rings (SSSR count). The van der Waals surface area contributed by atoms with Crippen LogP contribution in [-0.2, 0) is 19.4 Å². The van der Waals surface area contributed by atoms with E-state index in [0.29, 0.717) is 17.7 Å². The van der Waals surface area contributed by atoms with Gasteiger partial charge >= 0.3 is 0 Å². The molecule has 0 bridgehead atoms. The smallest absolute Gasteiger partial charge is 0.212 e. The normalized spacial score (nSPS) is 11.7. The first-order chi connectivity index (χ1) is 7.45. The molecule has 92 valence electrons. The molecule has 1 aromatic rings. The van der Waals surface area contributed by atoms with Gasteiger partial charge in [-0.25, -0.2) is 4.68 Å². The molecular formula is C13H24N2O. The summed E-state index contributed by atoms with van der Waals surface area (Å²) in [6, 6.07) is 0. The van der Waals surface area contributed by atoms with Crippen molar-refractivity contribution in [2.75, 3.05) is 0 Å². The van der Waals surface area contributed by atoms with Crippen LogP contribution in [0.5, 0.6) is 5.88 Å². The number of rotatable bonds is 5. The van der Waals surface area contributed by atoms with Gasteiger partial charge in [0.2, 0.25) is 5.88 Å². The maximum atomic E-state index is 10.1. The number of hydrogen-bond acceptors (Lipinski definition) is 2. The Bertz CT molecular complexity index is 340. The second-order valence-corrected chi connectivity index (χ2v) is 5.26. The van der Waals surface area contributed by atoms with E-state index in [-0.39, 0.29) is 0 Å². The van der Waals surface area contributed by atoms with Crippen molar-refractivity contribution in [1.29, 1.82) is 0 Å². The van der Waals surface area contributed by atoms with Gasteiger partial charge in [-0.15, -0.1) is 0 Å². The highest BCUT2D eigenvalue weighted by Gasteiger charge is 2.17. The monoisotopic (exact) mass is 224 g/mol. The van der Waals surface area contributed by atoms with E-state index in [9.17, 15) is 5.11 Å². The molecule has 0 aliphatic carbocycles. The summed E-state index contributed by atoms with van der Waals surface area (Å²) in [5.74, 6) is 1.49. The van der Waals surface area contributed by atoms with Gasteiger partial charge in [-0.1, -0.05) is 27.7 Å². The largest absolute Gasteiger partial charge is 0.493 e. The SMILES string of the molecule is CCn1nc(CC(C)C)c(CC(C)C)c1O. The van der Waals surface area contributed by atoms with Gasteiger partial charge in [-0.2, -0.15) is 5.10 Å². The van der Waals surface area contributed by atoms with Crippen molar-refractivity contribution in [3.63, 3.8) is 0 Å². The molecule has 1 heterocycles. The number of aromatic nitrogens is 2. The zero-order valence-electron chi connectivity index (χ0n) is 11.1. The molecule has 0 amide bonds. The van der Waals surface area contributed by atoms with Gasteiger partial charge in [0.15, 0.2) is 0 Å². The van der Waals surface area contributed by atoms with Crippen LogP contribution in [0, 0.1) is 11.8 Å². The Kier molecular flexibility index (Phi) is 4.39. The average Bonchev–Trinajstić information content (AvgIpc) is 2.44. The number of aromatic hydroxyl groups is 1. The van der Waals surface area contributed by atoms with Crippen LogP contribution in [0.15, 0.2) is 0 Å². The summed E-state index contributed by atoms with van der Waals surface area (Å²) >= 11 is 0. The molecule has 1 aromatic heterocycles. The van der Waals surface area contributed by atoms with Crippen LogP contribution in [0.2, 0.25) is 0 Å². The zero-order valence-corrected chi connectivity index (χ0v) is 11.1. The molecule has 3 heteroatoms. The molecule has 0 atom stereocenters. The average molecular weight is 224 g/mol. The minimum atomic E-state index is 0.367. The summed E-state index contributed by atoms with van der Waals surface area (Å²) in [7, 11) is 0. The third-order valence-corrected chi connectivity index (χ3v) is 2.62. The summed E-state index contributed by atoms with van der Waals surface area (Å²) in [6.07, 6.45) is 1.86. The van der Waals surface area contributed by atoms with Crippen molar-refractivity contribution in [2.24, 2.45) is 11.8 Å². The van der Waals surface area contributed by atoms with Crippen LogP contribution in [-0.4, -0.2) is 14.9 Å². The first kappa shape index (κ1) is 13.1. The van der Waals surface area contributed by atoms with E-state index in [4.69, 9.17) is 0 Å². The highest BCUT2D eigenvalue weighted by molar-refractivity contribution is 5.31. The van der Waals surface area contributed by atoms with Crippen LogP contribution in [0.4, 0.5) is 0 Å². The summed E-state index contributed by atoms with van der Waals surface area (Å²) in [4.78, 5) is 0. The lowest BCUT2D eigenvalue weighted by Crippen LogP contribution is -2.02. The van der Waals surface area contributed by atoms with Crippen molar-refractivity contribution in [3.05, 3.63) is 11.3 Å². The lowest BCUT2D eigenvalue weighted by Gasteiger charge is -2.07. The fraction of sp³-hybridized carbons (Fsp3) is 0.769. The van der Waals surface area contributed by atoms with E-state index in [0.717, 1.165) is 30.6 Å². The van der Waals surface area contributed by atoms with E-state index >= 15 is 0 Å². The second-order valence-electron chi connectivity index (χ2n) is 5.26. The Morgan fingerprint density at radius 2 is 1.69 bits per heavy atom. The quantitative estimate of drug-likeness (QED) is 0.835. The summed E-state index contributed by atoms with van der Waals surface area (Å²) in [5.41, 5.74) is 2.12. The second kappa shape index (κ2) is 5.37. The minimum absolute atomic E-state index is 0.367. The molecule has 0 spiro atoms. The van der Waals surface area contributed by atoms with Gasteiger partial charge in [0, 0.05) is 12.1 Å². The molecule has 0 saturated heterocycles. The zero-order chi connectivity index (χ0) is 12.3. The van der Waals surface area contributed by atoms with Crippen molar-refractivity contribution in [2.45, 2.75) is 54.0 Å². The predicted molar refractivity (Wildman–Crippen MR) is 66.6 cm³/mol. The molecule has 0 unspecified atom stereocenters. The van der Waals surface area contributed by atoms with Gasteiger partial charge in [0.25, 0.3) is 0 Å². The van der Waals surface area contributed by atoms with Gasteiger partial charge in [-0.05, 0) is 31.6 Å². The van der Waals surface area contributed by atoms with E-state index in [2.05, 4.69) is 32.8 Å². The fourth-order valence-corrected chi connectivity index (χ4v) is 1.93. The van der Waals surface area contributed by atoms with Crippen molar-refractivity contribution >= 4 is 0 Å². The Morgan fingerprint density at radius 3 is 2.12 bits per heavy atom. The first-order valence-corrected chi connectivity index (χ1v) is 6.23. The third kappa shape index (κ3) is 3.00. The van der Waals surface area contributed by atoms with Crippen LogP contribution < -0.4 is 0 Å². The maximum absolute atomic E-state index is 10.1. The molecule has 0 saturated carbocycles. The summed E-state index contributed by atoms with van der Waals surface area (Å²) in [5, 5.41) is 14.6. The van der Waals surface area contributed by atoms with Crippen LogP contribution in [0.1, 0.15) is 45.9 Å². The Hall–Kier alpha value is -0.990. The third-order valence-electron chi connectivity index (χ3n) is 2.62. The molecule has 0 fully saturated rings. The molecule has 16 heavy (non-hydrogen) atoms. The predicted octanol–water partition coefficient (Wildman–Crippen LogP) is 3.01. The van der Waals surface area contributed by atoms with Crippen LogP contribution in [0.25, 0.3) is 0 Å². The molecular weight excluding hydrogens is 200 g/mol. The first-order valence-electron chi connectivity index (χ1n) is 6.23. The van der Waals surface area contributed by atoms with E-state index < -0.39 is 0 Å². The topological polar surface area (TPSA) is 38.0 Å². The highest BCUT2D eigenvalue weighted by atomic mass is 16.3. The summed E-state index contributed by atoms with van der Waals surface area (Å²) in [6.45, 7) is 11.4. The summed E-state index contributed by atoms with van der Waals surface area (Å²) < 4.78 is 1.70. The Morgan fingerprint density at radius 1 is 1.12 bits per heavy atom. The van der Waals surface area contributed by atoms with Gasteiger partial charge in [-0.3, -0.25) is 0 Å².